The van der Waals surface area contributed by atoms with Crippen LogP contribution in [0.1, 0.15) is 79.1 Å². The Kier molecular flexibility index (Phi) is 37.3. The van der Waals surface area contributed by atoms with Crippen LogP contribution in [0, 0.1) is 0 Å². The van der Waals surface area contributed by atoms with Gasteiger partial charge in [-0.25, -0.2) is 0 Å². The number of unbranched alkanes of at least 4 members (excludes halogenated alkanes) is 4. The standard InChI is InChI=1S/2C9H19NS2.2Na/c2*1-3-5-7-10(9(11)12)8-6-4-2;;/h2*3-8H2,1-2H3,(H,11,12);;/q;;2*+1/p-2. The summed E-state index contributed by atoms with van der Waals surface area (Å²) in [5, 5.41) is 0. The minimum absolute atomic E-state index is 0. The molecule has 8 heteroatoms. The first kappa shape index (κ1) is 35.6. The van der Waals surface area contributed by atoms with Crippen molar-refractivity contribution in [2.24, 2.45) is 0 Å². The van der Waals surface area contributed by atoms with Gasteiger partial charge in [0.1, 0.15) is 0 Å². The van der Waals surface area contributed by atoms with Gasteiger partial charge in [-0.2, -0.15) is 0 Å². The fourth-order valence-electron chi connectivity index (χ4n) is 1.98. The van der Waals surface area contributed by atoms with E-state index < -0.39 is 0 Å². The second-order valence-corrected chi connectivity index (χ2v) is 7.98. The average molecular weight is 455 g/mol. The molecule has 0 amide bonds. The van der Waals surface area contributed by atoms with Gasteiger partial charge in [-0.05, 0) is 25.7 Å². The Hall–Kier alpha value is 2.22. The molecule has 0 heterocycles. The van der Waals surface area contributed by atoms with Crippen molar-refractivity contribution in [2.75, 3.05) is 26.2 Å². The summed E-state index contributed by atoms with van der Waals surface area (Å²) in [6.45, 7) is 12.9. The number of hydrogen-bond donors (Lipinski definition) is 0. The Morgan fingerprint density at radius 3 is 0.885 bits per heavy atom. The minimum atomic E-state index is 0. The van der Waals surface area contributed by atoms with Crippen LogP contribution in [0.25, 0.3) is 0 Å². The molecule has 0 saturated heterocycles. The third-order valence-corrected chi connectivity index (χ3v) is 4.68. The number of nitrogens with zero attached hydrogens (tertiary/aromatic N) is 2. The Morgan fingerprint density at radius 2 is 0.769 bits per heavy atom. The second-order valence-electron chi connectivity index (χ2n) is 5.92. The predicted octanol–water partition coefficient (Wildman–Crippen LogP) is -0.551. The molecule has 0 saturated carbocycles. The van der Waals surface area contributed by atoms with E-state index >= 15 is 0 Å². The van der Waals surface area contributed by atoms with Gasteiger partial charge in [0.15, 0.2) is 0 Å². The zero-order valence-electron chi connectivity index (χ0n) is 18.0. The maximum Gasteiger partial charge on any atom is 1.00 e. The van der Waals surface area contributed by atoms with Crippen LogP contribution in [0.4, 0.5) is 0 Å². The van der Waals surface area contributed by atoms with Crippen molar-refractivity contribution in [2.45, 2.75) is 79.1 Å². The molecule has 0 bridgehead atoms. The molecule has 0 atom stereocenters. The molecule has 26 heavy (non-hydrogen) atoms. The average Bonchev–Trinajstić information content (AvgIpc) is 2.55. The fourth-order valence-corrected chi connectivity index (χ4v) is 2.71. The summed E-state index contributed by atoms with van der Waals surface area (Å²) in [6, 6.07) is 0. The van der Waals surface area contributed by atoms with Gasteiger partial charge in [-0.3, -0.25) is 0 Å². The van der Waals surface area contributed by atoms with E-state index in [1.807, 2.05) is 0 Å². The molecule has 0 aliphatic carbocycles. The Bertz CT molecular complexity index is 276. The van der Waals surface area contributed by atoms with Crippen LogP contribution in [0.3, 0.4) is 0 Å². The van der Waals surface area contributed by atoms with E-state index in [-0.39, 0.29) is 59.1 Å². The SMILES string of the molecule is CCCCN(CCCC)C(=S)[S-].CCCCN(CCCC)C(=S)[S-].[Na+].[Na+]. The first-order chi connectivity index (χ1) is 11.4. The fraction of sp³-hybridized carbons (Fsp3) is 0.889. The molecule has 0 unspecified atom stereocenters. The number of rotatable bonds is 12. The van der Waals surface area contributed by atoms with E-state index in [9.17, 15) is 0 Å². The van der Waals surface area contributed by atoms with Crippen molar-refractivity contribution in [1.82, 2.24) is 9.80 Å². The number of thiocarbonyl (C=S) groups is 2. The first-order valence-corrected chi connectivity index (χ1v) is 11.0. The zero-order chi connectivity index (χ0) is 18.8. The summed E-state index contributed by atoms with van der Waals surface area (Å²) < 4.78 is 1.27. The third-order valence-electron chi connectivity index (χ3n) is 3.64. The Balaban J connectivity index is -0.000000173. The van der Waals surface area contributed by atoms with Crippen LogP contribution >= 0.6 is 24.4 Å². The van der Waals surface area contributed by atoms with Gasteiger partial charge < -0.3 is 59.5 Å². The zero-order valence-corrected chi connectivity index (χ0v) is 25.3. The number of hydrogen-bond acceptors (Lipinski definition) is 4. The van der Waals surface area contributed by atoms with Gasteiger partial charge in [-0.1, -0.05) is 62.0 Å². The molecule has 0 spiro atoms. The quantitative estimate of drug-likeness (QED) is 0.220. The monoisotopic (exact) mass is 454 g/mol. The van der Waals surface area contributed by atoms with Crippen molar-refractivity contribution in [3.8, 4) is 0 Å². The van der Waals surface area contributed by atoms with Crippen LogP contribution in [0.2, 0.25) is 0 Å². The van der Waals surface area contributed by atoms with Crippen molar-refractivity contribution in [3.63, 3.8) is 0 Å². The van der Waals surface area contributed by atoms with Crippen molar-refractivity contribution < 1.29 is 59.1 Å². The van der Waals surface area contributed by atoms with Gasteiger partial charge in [0.25, 0.3) is 0 Å². The van der Waals surface area contributed by atoms with Crippen molar-refractivity contribution in [1.29, 1.82) is 0 Å². The molecule has 0 aromatic rings. The first-order valence-electron chi connectivity index (χ1n) is 9.36. The molecule has 0 N–H and O–H groups in total. The third kappa shape index (κ3) is 24.3. The van der Waals surface area contributed by atoms with Gasteiger partial charge in [0.2, 0.25) is 0 Å². The van der Waals surface area contributed by atoms with Crippen LogP contribution in [0.15, 0.2) is 0 Å². The molecule has 0 rings (SSSR count). The van der Waals surface area contributed by atoms with Crippen LogP contribution in [0.5, 0.6) is 0 Å². The maximum atomic E-state index is 4.98. The summed E-state index contributed by atoms with van der Waals surface area (Å²) in [5.74, 6) is 0. The largest absolute Gasteiger partial charge is 1.00 e. The summed E-state index contributed by atoms with van der Waals surface area (Å²) in [5.41, 5.74) is 0. The normalized spacial score (nSPS) is 9.08. The van der Waals surface area contributed by atoms with Crippen molar-refractivity contribution in [3.05, 3.63) is 0 Å². The van der Waals surface area contributed by atoms with E-state index in [0.717, 1.165) is 26.2 Å². The summed E-state index contributed by atoms with van der Waals surface area (Å²) >= 11 is 19.9. The summed E-state index contributed by atoms with van der Waals surface area (Å²) in [7, 11) is 0. The van der Waals surface area contributed by atoms with Crippen molar-refractivity contribution >= 4 is 58.3 Å². The van der Waals surface area contributed by atoms with Gasteiger partial charge in [0.05, 0.1) is 0 Å². The molecule has 2 nitrogen and oxygen atoms in total. The van der Waals surface area contributed by atoms with E-state index in [2.05, 4.69) is 37.5 Å². The van der Waals surface area contributed by atoms with E-state index in [1.54, 1.807) is 0 Å². The molecule has 0 aromatic carbocycles. The molecule has 0 fully saturated rings. The van der Waals surface area contributed by atoms with Crippen LogP contribution in [-0.4, -0.2) is 44.6 Å². The van der Waals surface area contributed by atoms with Gasteiger partial charge >= 0.3 is 59.1 Å². The Morgan fingerprint density at radius 1 is 0.577 bits per heavy atom. The summed E-state index contributed by atoms with van der Waals surface area (Å²) in [4.78, 5) is 4.27. The molecular weight excluding hydrogens is 418 g/mol. The van der Waals surface area contributed by atoms with Gasteiger partial charge in [-0.15, -0.1) is 0 Å². The second kappa shape index (κ2) is 27.2. The topological polar surface area (TPSA) is 6.48 Å². The molecule has 0 aromatic heterocycles. The Labute approximate surface area is 229 Å². The smallest absolute Gasteiger partial charge is 0.411 e. The maximum absolute atomic E-state index is 4.98. The van der Waals surface area contributed by atoms with E-state index in [0.29, 0.717) is 8.64 Å². The van der Waals surface area contributed by atoms with Crippen LogP contribution < -0.4 is 59.1 Å². The minimum Gasteiger partial charge on any atom is -0.411 e. The molecule has 144 valence electrons. The molecule has 0 radical (unpaired) electrons. The molecular formula is C18H36N2Na2S4. The molecule has 0 aliphatic rings. The van der Waals surface area contributed by atoms with Crippen LogP contribution in [-0.2, 0) is 25.3 Å². The van der Waals surface area contributed by atoms with E-state index in [1.165, 1.54) is 51.4 Å². The summed E-state index contributed by atoms with van der Waals surface area (Å²) in [6.07, 6.45) is 9.62. The molecule has 0 aliphatic heterocycles. The van der Waals surface area contributed by atoms with E-state index in [4.69, 9.17) is 49.7 Å². The predicted molar refractivity (Wildman–Crippen MR) is 123 cm³/mol. The van der Waals surface area contributed by atoms with Gasteiger partial charge in [0, 0.05) is 26.2 Å².